The standard InChI is InChI=1S/C14H15N3O4/c1-19-11-6-9(7-12(20-2)13(11)21-3)17-14(18)10-8-15-4-5-16-10/h4-8H,1-3H3,(H,17,18). The number of methoxy groups -OCH3 is 3. The van der Waals surface area contributed by atoms with Gasteiger partial charge in [0.05, 0.1) is 27.5 Å². The zero-order valence-electron chi connectivity index (χ0n) is 11.9. The number of amides is 1. The second-order valence-electron chi connectivity index (χ2n) is 3.96. The van der Waals surface area contributed by atoms with E-state index in [9.17, 15) is 4.79 Å². The van der Waals surface area contributed by atoms with Gasteiger partial charge in [0.15, 0.2) is 11.5 Å². The second kappa shape index (κ2) is 6.56. The lowest BCUT2D eigenvalue weighted by Gasteiger charge is -2.14. The molecule has 0 aliphatic carbocycles. The number of ether oxygens (including phenoxy) is 3. The van der Waals surface area contributed by atoms with Crippen molar-refractivity contribution >= 4 is 11.6 Å². The first kappa shape index (κ1) is 14.6. The van der Waals surface area contributed by atoms with Crippen molar-refractivity contribution in [1.29, 1.82) is 0 Å². The third kappa shape index (κ3) is 3.19. The summed E-state index contributed by atoms with van der Waals surface area (Å²) in [5.41, 5.74) is 0.714. The zero-order valence-corrected chi connectivity index (χ0v) is 11.9. The van der Waals surface area contributed by atoms with Crippen molar-refractivity contribution in [1.82, 2.24) is 9.97 Å². The molecule has 7 nitrogen and oxygen atoms in total. The largest absolute Gasteiger partial charge is 0.493 e. The van der Waals surface area contributed by atoms with E-state index < -0.39 is 0 Å². The number of hydrogen-bond donors (Lipinski definition) is 1. The molecule has 7 heteroatoms. The highest BCUT2D eigenvalue weighted by atomic mass is 16.5. The first-order valence-corrected chi connectivity index (χ1v) is 6.07. The Bertz CT molecular complexity index is 606. The summed E-state index contributed by atoms with van der Waals surface area (Å²) in [5, 5.41) is 2.70. The van der Waals surface area contributed by atoms with E-state index in [0.717, 1.165) is 0 Å². The first-order valence-electron chi connectivity index (χ1n) is 6.07. The Morgan fingerprint density at radius 2 is 1.71 bits per heavy atom. The number of nitrogens with one attached hydrogen (secondary N) is 1. The van der Waals surface area contributed by atoms with Crippen LogP contribution < -0.4 is 19.5 Å². The van der Waals surface area contributed by atoms with Crippen LogP contribution in [0.3, 0.4) is 0 Å². The molecule has 0 atom stereocenters. The van der Waals surface area contributed by atoms with Crippen molar-refractivity contribution in [3.8, 4) is 17.2 Å². The Kier molecular flexibility index (Phi) is 4.55. The Balaban J connectivity index is 2.30. The number of anilines is 1. The Morgan fingerprint density at radius 1 is 1.05 bits per heavy atom. The molecule has 21 heavy (non-hydrogen) atoms. The molecule has 1 aromatic heterocycles. The average Bonchev–Trinajstić information content (AvgIpc) is 2.54. The quantitative estimate of drug-likeness (QED) is 0.903. The maximum atomic E-state index is 12.0. The monoisotopic (exact) mass is 289 g/mol. The summed E-state index contributed by atoms with van der Waals surface area (Å²) in [4.78, 5) is 19.8. The van der Waals surface area contributed by atoms with Crippen molar-refractivity contribution in [3.05, 3.63) is 36.4 Å². The van der Waals surface area contributed by atoms with E-state index >= 15 is 0 Å². The number of nitrogens with zero attached hydrogens (tertiary/aromatic N) is 2. The lowest BCUT2D eigenvalue weighted by Crippen LogP contribution is -2.14. The first-order chi connectivity index (χ1) is 10.2. The molecule has 1 heterocycles. The molecular weight excluding hydrogens is 274 g/mol. The molecule has 1 aromatic carbocycles. The van der Waals surface area contributed by atoms with Gasteiger partial charge in [0.1, 0.15) is 5.69 Å². The van der Waals surface area contributed by atoms with Gasteiger partial charge in [-0.25, -0.2) is 4.98 Å². The summed E-state index contributed by atoms with van der Waals surface area (Å²) >= 11 is 0. The number of carbonyl (C=O) groups excluding carboxylic acids is 1. The lowest BCUT2D eigenvalue weighted by molar-refractivity contribution is 0.102. The van der Waals surface area contributed by atoms with Gasteiger partial charge in [-0.1, -0.05) is 0 Å². The van der Waals surface area contributed by atoms with Gasteiger partial charge in [-0.15, -0.1) is 0 Å². The van der Waals surface area contributed by atoms with Crippen molar-refractivity contribution in [2.45, 2.75) is 0 Å². The molecule has 0 fully saturated rings. The second-order valence-corrected chi connectivity index (χ2v) is 3.96. The third-order valence-corrected chi connectivity index (χ3v) is 2.72. The summed E-state index contributed by atoms with van der Waals surface area (Å²) in [5.74, 6) is 0.979. The highest BCUT2D eigenvalue weighted by Gasteiger charge is 2.15. The zero-order chi connectivity index (χ0) is 15.2. The molecule has 0 unspecified atom stereocenters. The van der Waals surface area contributed by atoms with Crippen LogP contribution in [0.5, 0.6) is 17.2 Å². The van der Waals surface area contributed by atoms with Crippen molar-refractivity contribution in [3.63, 3.8) is 0 Å². The smallest absolute Gasteiger partial charge is 0.275 e. The molecule has 110 valence electrons. The van der Waals surface area contributed by atoms with E-state index in [0.29, 0.717) is 22.9 Å². The van der Waals surface area contributed by atoms with Gasteiger partial charge >= 0.3 is 0 Å². The van der Waals surface area contributed by atoms with Gasteiger partial charge in [0.25, 0.3) is 5.91 Å². The number of aromatic nitrogens is 2. The van der Waals surface area contributed by atoms with Crippen LogP contribution in [0.15, 0.2) is 30.7 Å². The summed E-state index contributed by atoms with van der Waals surface area (Å²) in [6.45, 7) is 0. The van der Waals surface area contributed by atoms with Crippen LogP contribution in [0, 0.1) is 0 Å². The topological polar surface area (TPSA) is 82.6 Å². The Labute approximate surface area is 121 Å². The summed E-state index contributed by atoms with van der Waals surface area (Å²) < 4.78 is 15.7. The van der Waals surface area contributed by atoms with E-state index in [1.807, 2.05) is 0 Å². The van der Waals surface area contributed by atoms with Crippen molar-refractivity contribution in [2.75, 3.05) is 26.6 Å². The fourth-order valence-electron chi connectivity index (χ4n) is 1.76. The van der Waals surface area contributed by atoms with E-state index in [1.54, 1.807) is 12.1 Å². The predicted octanol–water partition coefficient (Wildman–Crippen LogP) is 1.75. The van der Waals surface area contributed by atoms with Crippen molar-refractivity contribution < 1.29 is 19.0 Å². The molecule has 0 saturated heterocycles. The molecule has 1 N–H and O–H groups in total. The van der Waals surface area contributed by atoms with E-state index in [1.165, 1.54) is 39.9 Å². The number of hydrogen-bond acceptors (Lipinski definition) is 6. The summed E-state index contributed by atoms with van der Waals surface area (Å²) in [7, 11) is 4.52. The van der Waals surface area contributed by atoms with Crippen LogP contribution in [-0.2, 0) is 0 Å². The van der Waals surface area contributed by atoms with Gasteiger partial charge in [-0.2, -0.15) is 0 Å². The molecule has 0 bridgehead atoms. The molecule has 0 radical (unpaired) electrons. The van der Waals surface area contributed by atoms with Crippen LogP contribution in [0.1, 0.15) is 10.5 Å². The molecule has 0 aliphatic heterocycles. The summed E-state index contributed by atoms with van der Waals surface area (Å²) in [6, 6.07) is 3.27. The van der Waals surface area contributed by atoms with Crippen molar-refractivity contribution in [2.24, 2.45) is 0 Å². The maximum Gasteiger partial charge on any atom is 0.275 e. The fraction of sp³-hybridized carbons (Fsp3) is 0.214. The minimum atomic E-state index is -0.377. The van der Waals surface area contributed by atoms with Gasteiger partial charge in [-0.3, -0.25) is 9.78 Å². The highest BCUT2D eigenvalue weighted by molar-refractivity contribution is 6.02. The predicted molar refractivity (Wildman–Crippen MR) is 76.1 cm³/mol. The third-order valence-electron chi connectivity index (χ3n) is 2.72. The molecule has 0 saturated carbocycles. The van der Waals surface area contributed by atoms with Gasteiger partial charge in [0.2, 0.25) is 5.75 Å². The minimum absolute atomic E-state index is 0.214. The van der Waals surface area contributed by atoms with Crippen LogP contribution in [0.2, 0.25) is 0 Å². The average molecular weight is 289 g/mol. The molecule has 2 aromatic rings. The fourth-order valence-corrected chi connectivity index (χ4v) is 1.76. The minimum Gasteiger partial charge on any atom is -0.493 e. The van der Waals surface area contributed by atoms with Gasteiger partial charge in [0, 0.05) is 30.2 Å². The SMILES string of the molecule is COc1cc(NC(=O)c2cnccn2)cc(OC)c1OC. The molecule has 1 amide bonds. The molecule has 0 spiro atoms. The van der Waals surface area contributed by atoms with Gasteiger partial charge < -0.3 is 19.5 Å². The maximum absolute atomic E-state index is 12.0. The molecular formula is C14H15N3O4. The molecule has 2 rings (SSSR count). The normalized spacial score (nSPS) is 9.86. The van der Waals surface area contributed by atoms with Gasteiger partial charge in [-0.05, 0) is 0 Å². The van der Waals surface area contributed by atoms with E-state index in [4.69, 9.17) is 14.2 Å². The van der Waals surface area contributed by atoms with Crippen LogP contribution >= 0.6 is 0 Å². The Hall–Kier alpha value is -2.83. The molecule has 0 aliphatic rings. The number of rotatable bonds is 5. The number of carbonyl (C=O) groups is 1. The Morgan fingerprint density at radius 3 is 2.19 bits per heavy atom. The van der Waals surface area contributed by atoms with E-state index in [2.05, 4.69) is 15.3 Å². The van der Waals surface area contributed by atoms with Crippen LogP contribution in [0.4, 0.5) is 5.69 Å². The van der Waals surface area contributed by atoms with E-state index in [-0.39, 0.29) is 11.6 Å². The highest BCUT2D eigenvalue weighted by Crippen LogP contribution is 2.39. The summed E-state index contributed by atoms with van der Waals surface area (Å²) in [6.07, 6.45) is 4.33. The van der Waals surface area contributed by atoms with Crippen LogP contribution in [0.25, 0.3) is 0 Å². The number of benzene rings is 1. The lowest BCUT2D eigenvalue weighted by atomic mass is 10.2. The van der Waals surface area contributed by atoms with Crippen LogP contribution in [-0.4, -0.2) is 37.2 Å².